The van der Waals surface area contributed by atoms with Crippen LogP contribution in [0, 0.1) is 5.82 Å². The molecule has 6 heteroatoms. The van der Waals surface area contributed by atoms with Crippen molar-refractivity contribution >= 4 is 5.91 Å². The van der Waals surface area contributed by atoms with Gasteiger partial charge in [0.15, 0.2) is 6.29 Å². The van der Waals surface area contributed by atoms with Crippen molar-refractivity contribution in [2.24, 2.45) is 0 Å². The Kier molecular flexibility index (Phi) is 9.21. The number of nitrogens with zero attached hydrogens (tertiary/aromatic N) is 1. The summed E-state index contributed by atoms with van der Waals surface area (Å²) in [6.07, 6.45) is 3.25. The molecule has 1 heterocycles. The Balaban J connectivity index is 1.55. The van der Waals surface area contributed by atoms with E-state index in [2.05, 4.69) is 0 Å². The fourth-order valence-electron chi connectivity index (χ4n) is 3.98. The van der Waals surface area contributed by atoms with Crippen molar-refractivity contribution in [3.05, 3.63) is 71.5 Å². The van der Waals surface area contributed by atoms with Gasteiger partial charge in [0.05, 0.1) is 18.2 Å². The lowest BCUT2D eigenvalue weighted by Crippen LogP contribution is -2.39. The Labute approximate surface area is 190 Å². The van der Waals surface area contributed by atoms with Crippen molar-refractivity contribution < 1.29 is 23.8 Å². The predicted octanol–water partition coefficient (Wildman–Crippen LogP) is 5.16. The van der Waals surface area contributed by atoms with E-state index in [1.54, 1.807) is 24.1 Å². The average Bonchev–Trinajstić information content (AvgIpc) is 2.83. The summed E-state index contributed by atoms with van der Waals surface area (Å²) in [5, 5.41) is 10.6. The van der Waals surface area contributed by atoms with Crippen LogP contribution < -0.4 is 0 Å². The van der Waals surface area contributed by atoms with E-state index >= 15 is 0 Å². The van der Waals surface area contributed by atoms with Crippen LogP contribution in [-0.2, 0) is 14.3 Å². The second-order valence-corrected chi connectivity index (χ2v) is 8.47. The van der Waals surface area contributed by atoms with Crippen molar-refractivity contribution in [3.8, 4) is 0 Å². The Hall–Kier alpha value is -2.28. The highest BCUT2D eigenvalue weighted by atomic mass is 19.1. The van der Waals surface area contributed by atoms with Gasteiger partial charge in [0.25, 0.3) is 0 Å². The van der Waals surface area contributed by atoms with Crippen LogP contribution >= 0.6 is 0 Å². The zero-order valence-electron chi connectivity index (χ0n) is 19.0. The van der Waals surface area contributed by atoms with Gasteiger partial charge in [-0.2, -0.15) is 0 Å². The number of halogens is 1. The Morgan fingerprint density at radius 2 is 1.88 bits per heavy atom. The normalized spacial score (nSPS) is 19.2. The van der Waals surface area contributed by atoms with E-state index in [4.69, 9.17) is 9.47 Å². The summed E-state index contributed by atoms with van der Waals surface area (Å²) in [5.41, 5.74) is 1.67. The summed E-state index contributed by atoms with van der Waals surface area (Å²) in [7, 11) is 1.73. The zero-order chi connectivity index (χ0) is 22.9. The number of likely N-dealkylation sites (N-methyl/N-ethyl adjacent to an activating group) is 1. The number of ether oxygens (including phenoxy) is 2. The fraction of sp³-hybridized carbons (Fsp3) is 0.500. The largest absolute Gasteiger partial charge is 0.386 e. The van der Waals surface area contributed by atoms with Gasteiger partial charge in [0.2, 0.25) is 5.91 Å². The molecular formula is C26H34FNO4. The maximum Gasteiger partial charge on any atom is 0.222 e. The molecule has 0 saturated carbocycles. The lowest BCUT2D eigenvalue weighted by atomic mass is 10.0. The molecule has 5 nitrogen and oxygen atoms in total. The molecule has 1 amide bonds. The lowest BCUT2D eigenvalue weighted by molar-refractivity contribution is -0.191. The molecule has 1 fully saturated rings. The van der Waals surface area contributed by atoms with Gasteiger partial charge in [0.1, 0.15) is 5.82 Å². The molecule has 0 spiro atoms. The number of carbonyl (C=O) groups excluding carboxylic acids is 1. The van der Waals surface area contributed by atoms with E-state index in [0.717, 1.165) is 30.4 Å². The van der Waals surface area contributed by atoms with E-state index in [0.29, 0.717) is 25.9 Å². The Morgan fingerprint density at radius 3 is 2.53 bits per heavy atom. The van der Waals surface area contributed by atoms with E-state index in [1.807, 2.05) is 37.3 Å². The molecule has 0 bridgehead atoms. The molecule has 1 N–H and O–H groups in total. The molecule has 174 valence electrons. The molecule has 0 aromatic heterocycles. The third kappa shape index (κ3) is 6.86. The first-order chi connectivity index (χ1) is 15.5. The molecule has 1 unspecified atom stereocenters. The minimum atomic E-state index is -0.746. The SMILES string of the molecule is C[C@@H]([C@@H](O)c1ccccc1)N(C)C(=O)CCC[C@H](OC1CCCCO1)c1ccc(F)cc1. The van der Waals surface area contributed by atoms with Crippen LogP contribution in [0.1, 0.15) is 68.8 Å². The van der Waals surface area contributed by atoms with Gasteiger partial charge in [-0.25, -0.2) is 4.39 Å². The summed E-state index contributed by atoms with van der Waals surface area (Å²) >= 11 is 0. The van der Waals surface area contributed by atoms with Gasteiger partial charge >= 0.3 is 0 Å². The van der Waals surface area contributed by atoms with Crippen molar-refractivity contribution in [1.29, 1.82) is 0 Å². The molecule has 2 aromatic rings. The summed E-state index contributed by atoms with van der Waals surface area (Å²) < 4.78 is 25.3. The Morgan fingerprint density at radius 1 is 1.16 bits per heavy atom. The minimum Gasteiger partial charge on any atom is -0.386 e. The van der Waals surface area contributed by atoms with Crippen LogP contribution in [0.5, 0.6) is 0 Å². The van der Waals surface area contributed by atoms with Gasteiger partial charge in [-0.15, -0.1) is 0 Å². The number of aliphatic hydroxyl groups is 1. The highest BCUT2D eigenvalue weighted by molar-refractivity contribution is 5.76. The van der Waals surface area contributed by atoms with Crippen LogP contribution in [0.15, 0.2) is 54.6 Å². The third-order valence-electron chi connectivity index (χ3n) is 6.16. The topological polar surface area (TPSA) is 59.0 Å². The van der Waals surface area contributed by atoms with Gasteiger partial charge in [-0.1, -0.05) is 42.5 Å². The average molecular weight is 444 g/mol. The van der Waals surface area contributed by atoms with E-state index < -0.39 is 6.10 Å². The lowest BCUT2D eigenvalue weighted by Gasteiger charge is -2.30. The number of hydrogen-bond acceptors (Lipinski definition) is 4. The van der Waals surface area contributed by atoms with E-state index in [9.17, 15) is 14.3 Å². The number of hydrogen-bond donors (Lipinski definition) is 1. The first-order valence-corrected chi connectivity index (χ1v) is 11.5. The van der Waals surface area contributed by atoms with Gasteiger partial charge < -0.3 is 19.5 Å². The molecule has 2 aromatic carbocycles. The van der Waals surface area contributed by atoms with Gasteiger partial charge in [0, 0.05) is 20.1 Å². The number of rotatable bonds is 10. The molecule has 4 atom stereocenters. The van der Waals surface area contributed by atoms with Crippen LogP contribution in [0.25, 0.3) is 0 Å². The van der Waals surface area contributed by atoms with E-state index in [1.165, 1.54) is 12.1 Å². The first kappa shape index (κ1) is 24.4. The highest BCUT2D eigenvalue weighted by Gasteiger charge is 2.25. The molecular weight excluding hydrogens is 409 g/mol. The third-order valence-corrected chi connectivity index (χ3v) is 6.16. The molecule has 32 heavy (non-hydrogen) atoms. The van der Waals surface area contributed by atoms with Crippen LogP contribution in [-0.4, -0.2) is 41.9 Å². The maximum absolute atomic E-state index is 13.4. The quantitative estimate of drug-likeness (QED) is 0.551. The highest BCUT2D eigenvalue weighted by Crippen LogP contribution is 2.29. The van der Waals surface area contributed by atoms with Gasteiger partial charge in [-0.3, -0.25) is 4.79 Å². The molecule has 1 aliphatic heterocycles. The Bertz CT molecular complexity index is 823. The second kappa shape index (κ2) is 12.1. The molecule has 0 radical (unpaired) electrons. The van der Waals surface area contributed by atoms with Crippen LogP contribution in [0.2, 0.25) is 0 Å². The van der Waals surface area contributed by atoms with Crippen LogP contribution in [0.4, 0.5) is 4.39 Å². The van der Waals surface area contributed by atoms with Gasteiger partial charge in [-0.05, 0) is 62.3 Å². The smallest absolute Gasteiger partial charge is 0.222 e. The first-order valence-electron chi connectivity index (χ1n) is 11.5. The minimum absolute atomic E-state index is 0.0285. The summed E-state index contributed by atoms with van der Waals surface area (Å²) in [5.74, 6) is -0.316. The summed E-state index contributed by atoms with van der Waals surface area (Å²) in [6, 6.07) is 15.3. The predicted molar refractivity (Wildman–Crippen MR) is 121 cm³/mol. The van der Waals surface area contributed by atoms with Crippen molar-refractivity contribution in [2.75, 3.05) is 13.7 Å². The van der Waals surface area contributed by atoms with Crippen molar-refractivity contribution in [1.82, 2.24) is 4.90 Å². The van der Waals surface area contributed by atoms with Crippen molar-refractivity contribution in [3.63, 3.8) is 0 Å². The zero-order valence-corrected chi connectivity index (χ0v) is 19.0. The molecule has 0 aliphatic carbocycles. The molecule has 1 aliphatic rings. The number of amides is 1. The maximum atomic E-state index is 13.4. The van der Waals surface area contributed by atoms with Crippen molar-refractivity contribution in [2.45, 2.75) is 70.0 Å². The fourth-order valence-corrected chi connectivity index (χ4v) is 3.98. The number of benzene rings is 2. The molecule has 1 saturated heterocycles. The number of carbonyl (C=O) groups is 1. The second-order valence-electron chi connectivity index (χ2n) is 8.47. The van der Waals surface area contributed by atoms with Crippen LogP contribution in [0.3, 0.4) is 0 Å². The number of aliphatic hydroxyl groups excluding tert-OH is 1. The summed E-state index contributed by atoms with van der Waals surface area (Å²) in [4.78, 5) is 14.4. The standard InChI is InChI=1S/C26H34FNO4/c1-19(26(30)21-9-4-3-5-10-21)28(2)24(29)12-8-11-23(20-14-16-22(27)17-15-20)32-25-13-6-7-18-31-25/h3-5,9-10,14-17,19,23,25-26,30H,6-8,11-13,18H2,1-2H3/t19-,23-,25?,26+/m0/s1. The monoisotopic (exact) mass is 443 g/mol. The summed E-state index contributed by atoms with van der Waals surface area (Å²) in [6.45, 7) is 2.53. The van der Waals surface area contributed by atoms with E-state index in [-0.39, 0.29) is 30.2 Å². The molecule has 3 rings (SSSR count).